The number of rotatable bonds is 8. The molecule has 0 saturated carbocycles. The molecule has 0 aliphatic carbocycles. The number of nitrogens with two attached hydrogens (primary N) is 1. The van der Waals surface area contributed by atoms with Crippen molar-refractivity contribution in [3.05, 3.63) is 33.9 Å². The van der Waals surface area contributed by atoms with E-state index >= 15 is 0 Å². The Labute approximate surface area is 211 Å². The van der Waals surface area contributed by atoms with Gasteiger partial charge in [-0.15, -0.1) is 0 Å². The van der Waals surface area contributed by atoms with Crippen molar-refractivity contribution in [2.24, 2.45) is 10.9 Å². The number of carbonyl (C=O) groups excluding carboxylic acids is 2. The smallest absolute Gasteiger partial charge is 0.429 e. The lowest BCUT2D eigenvalue weighted by atomic mass is 9.85. The molecule has 1 heterocycles. The zero-order valence-corrected chi connectivity index (χ0v) is 21.1. The Bertz CT molecular complexity index is 1040. The third kappa shape index (κ3) is 7.42. The van der Waals surface area contributed by atoms with Crippen LogP contribution in [0.3, 0.4) is 0 Å². The Morgan fingerprint density at radius 1 is 1.28 bits per heavy atom. The standard InChI is InChI=1S/C23H30ClF3N4O5/c1-22(2,3)14-11-17-12(10-15(14)24)9-13(18(36-17)23(25,26)27)19(32)30-16(20(33)35-4)7-5-6-8-29-21(28)31-34/h9-11,16,18,34H,5-8H2,1-4H3,(H,30,32)(H3,28,29,31)/t16?,18-/m0/s1. The van der Waals surface area contributed by atoms with E-state index in [4.69, 9.17) is 32.0 Å². The molecule has 13 heteroatoms. The van der Waals surface area contributed by atoms with Crippen molar-refractivity contribution >= 4 is 35.5 Å². The van der Waals surface area contributed by atoms with Gasteiger partial charge in [-0.25, -0.2) is 4.79 Å². The van der Waals surface area contributed by atoms with Crippen molar-refractivity contribution < 1.29 is 37.4 Å². The van der Waals surface area contributed by atoms with Crippen LogP contribution in [-0.2, 0) is 19.7 Å². The topological polar surface area (TPSA) is 135 Å². The Hall–Kier alpha value is -3.15. The molecule has 2 atom stereocenters. The predicted molar refractivity (Wildman–Crippen MR) is 128 cm³/mol. The third-order valence-electron chi connectivity index (χ3n) is 5.43. The van der Waals surface area contributed by atoms with Crippen LogP contribution < -0.4 is 21.1 Å². The van der Waals surface area contributed by atoms with Crippen LogP contribution in [-0.4, -0.2) is 55.0 Å². The number of benzene rings is 1. The fraction of sp³-hybridized carbons (Fsp3) is 0.522. The fourth-order valence-electron chi connectivity index (χ4n) is 3.58. The van der Waals surface area contributed by atoms with Crippen molar-refractivity contribution in [3.63, 3.8) is 0 Å². The fourth-order valence-corrected chi connectivity index (χ4v) is 4.03. The number of hydrogen-bond donors (Lipinski definition) is 4. The predicted octanol–water partition coefficient (Wildman–Crippen LogP) is 3.47. The van der Waals surface area contributed by atoms with Crippen LogP contribution in [0.2, 0.25) is 5.02 Å². The third-order valence-corrected chi connectivity index (χ3v) is 5.74. The van der Waals surface area contributed by atoms with E-state index < -0.39 is 41.2 Å². The van der Waals surface area contributed by atoms with Gasteiger partial charge >= 0.3 is 12.1 Å². The molecule has 9 nitrogen and oxygen atoms in total. The summed E-state index contributed by atoms with van der Waals surface area (Å²) in [6.45, 7) is 5.88. The summed E-state index contributed by atoms with van der Waals surface area (Å²) in [6.07, 6.45) is -5.46. The summed E-state index contributed by atoms with van der Waals surface area (Å²) in [7, 11) is 1.11. The van der Waals surface area contributed by atoms with Crippen molar-refractivity contribution in [2.45, 2.75) is 63.8 Å². The minimum Gasteiger partial charge on any atom is -0.475 e. The van der Waals surface area contributed by atoms with E-state index in [2.05, 4.69) is 15.8 Å². The van der Waals surface area contributed by atoms with Gasteiger partial charge in [0.15, 0.2) is 0 Å². The summed E-state index contributed by atoms with van der Waals surface area (Å²) in [5.41, 5.74) is 4.93. The second kappa shape index (κ2) is 11.7. The highest BCUT2D eigenvalue weighted by atomic mass is 35.5. The first-order valence-corrected chi connectivity index (χ1v) is 11.5. The molecule has 1 aliphatic heterocycles. The lowest BCUT2D eigenvalue weighted by Crippen LogP contribution is -2.48. The maximum atomic E-state index is 13.9. The number of halogens is 4. The molecule has 1 aromatic rings. The highest BCUT2D eigenvalue weighted by Gasteiger charge is 2.48. The first-order chi connectivity index (χ1) is 16.7. The molecular weight excluding hydrogens is 505 g/mol. The molecule has 0 radical (unpaired) electrons. The van der Waals surface area contributed by atoms with E-state index in [1.165, 1.54) is 12.1 Å². The molecule has 0 fully saturated rings. The van der Waals surface area contributed by atoms with Crippen LogP contribution in [0.1, 0.15) is 51.2 Å². The van der Waals surface area contributed by atoms with Gasteiger partial charge in [0.05, 0.1) is 12.7 Å². The highest BCUT2D eigenvalue weighted by molar-refractivity contribution is 6.31. The van der Waals surface area contributed by atoms with Crippen molar-refractivity contribution in [2.75, 3.05) is 13.7 Å². The number of hydrogen-bond acceptors (Lipinski definition) is 6. The molecule has 0 spiro atoms. The Morgan fingerprint density at radius 3 is 2.50 bits per heavy atom. The summed E-state index contributed by atoms with van der Waals surface area (Å²) < 4.78 is 51.6. The molecule has 0 saturated heterocycles. The molecule has 1 aromatic carbocycles. The molecule has 36 heavy (non-hydrogen) atoms. The van der Waals surface area contributed by atoms with E-state index in [1.807, 2.05) is 20.8 Å². The molecule has 5 N–H and O–H groups in total. The van der Waals surface area contributed by atoms with Crippen LogP contribution in [0.25, 0.3) is 6.08 Å². The number of nitrogens with one attached hydrogen (secondary N) is 2. The van der Waals surface area contributed by atoms with Gasteiger partial charge in [0, 0.05) is 17.1 Å². The van der Waals surface area contributed by atoms with Gasteiger partial charge in [-0.2, -0.15) is 13.2 Å². The van der Waals surface area contributed by atoms with E-state index in [1.54, 1.807) is 0 Å². The van der Waals surface area contributed by atoms with E-state index in [9.17, 15) is 22.8 Å². The number of methoxy groups -OCH3 is 1. The minimum absolute atomic E-state index is 0.0501. The van der Waals surface area contributed by atoms with E-state index in [0.29, 0.717) is 30.0 Å². The number of carbonyl (C=O) groups is 2. The second-order valence-electron chi connectivity index (χ2n) is 9.22. The number of alkyl halides is 3. The zero-order valence-electron chi connectivity index (χ0n) is 20.3. The average Bonchev–Trinajstić information content (AvgIpc) is 2.79. The van der Waals surface area contributed by atoms with Gasteiger partial charge < -0.3 is 31.0 Å². The quantitative estimate of drug-likeness (QED) is 0.100. The summed E-state index contributed by atoms with van der Waals surface area (Å²) in [5.74, 6) is -2.17. The van der Waals surface area contributed by atoms with Gasteiger partial charge in [-0.1, -0.05) is 37.5 Å². The number of ether oxygens (including phenoxy) is 2. The normalized spacial score (nSPS) is 16.8. The summed E-state index contributed by atoms with van der Waals surface area (Å²) in [6, 6.07) is 1.69. The highest BCUT2D eigenvalue weighted by Crippen LogP contribution is 2.42. The van der Waals surface area contributed by atoms with Crippen LogP contribution in [0.4, 0.5) is 13.2 Å². The van der Waals surface area contributed by atoms with Crippen molar-refractivity contribution in [3.8, 4) is 5.75 Å². The van der Waals surface area contributed by atoms with Gasteiger partial charge in [0.25, 0.3) is 5.91 Å². The van der Waals surface area contributed by atoms with Gasteiger partial charge in [-0.3, -0.25) is 4.79 Å². The molecule has 1 aliphatic rings. The number of oxime groups is 1. The van der Waals surface area contributed by atoms with Crippen LogP contribution in [0, 0.1) is 0 Å². The number of amides is 1. The summed E-state index contributed by atoms with van der Waals surface area (Å²) in [5, 5.41) is 16.5. The van der Waals surface area contributed by atoms with Crippen molar-refractivity contribution in [1.29, 1.82) is 0 Å². The average molecular weight is 535 g/mol. The van der Waals surface area contributed by atoms with Gasteiger partial charge in [0.2, 0.25) is 12.1 Å². The molecule has 1 amide bonds. The first-order valence-electron chi connectivity index (χ1n) is 11.1. The van der Waals surface area contributed by atoms with E-state index in [-0.39, 0.29) is 23.7 Å². The Kier molecular flexibility index (Phi) is 9.47. The Balaban J connectivity index is 2.29. The molecular formula is C23H30ClF3N4O5. The maximum absolute atomic E-state index is 13.9. The maximum Gasteiger partial charge on any atom is 0.429 e. The number of nitrogens with zero attached hydrogens (tertiary/aromatic N) is 1. The molecule has 0 aromatic heterocycles. The first kappa shape index (κ1) is 29.1. The largest absolute Gasteiger partial charge is 0.475 e. The monoisotopic (exact) mass is 534 g/mol. The molecule has 200 valence electrons. The SMILES string of the molecule is COC(=O)C(CCCCN/C(N)=N\O)NC(=O)C1=Cc2cc(Cl)c(C(C)(C)C)cc2O[C@@H]1C(F)(F)F. The Morgan fingerprint density at radius 2 is 1.94 bits per heavy atom. The summed E-state index contributed by atoms with van der Waals surface area (Å²) >= 11 is 6.35. The van der Waals surface area contributed by atoms with Crippen LogP contribution in [0.15, 0.2) is 22.9 Å². The van der Waals surface area contributed by atoms with Crippen LogP contribution in [0.5, 0.6) is 5.75 Å². The number of fused-ring (bicyclic) bond motifs is 1. The second-order valence-corrected chi connectivity index (χ2v) is 9.62. The molecule has 1 unspecified atom stereocenters. The van der Waals surface area contributed by atoms with Gasteiger partial charge in [0.1, 0.15) is 11.8 Å². The van der Waals surface area contributed by atoms with E-state index in [0.717, 1.165) is 13.2 Å². The van der Waals surface area contributed by atoms with Crippen LogP contribution >= 0.6 is 11.6 Å². The lowest BCUT2D eigenvalue weighted by Gasteiger charge is -2.31. The number of esters is 1. The number of unbranched alkanes of at least 4 members (excludes halogenated alkanes) is 1. The summed E-state index contributed by atoms with van der Waals surface area (Å²) in [4.78, 5) is 25.1. The molecule has 0 bridgehead atoms. The minimum atomic E-state index is -4.90. The zero-order chi connectivity index (χ0) is 27.3. The number of guanidine groups is 1. The van der Waals surface area contributed by atoms with Crippen molar-refractivity contribution in [1.82, 2.24) is 10.6 Å². The molecule has 2 rings (SSSR count). The van der Waals surface area contributed by atoms with Gasteiger partial charge in [-0.05, 0) is 48.4 Å². The lowest BCUT2D eigenvalue weighted by molar-refractivity contribution is -0.185.